The van der Waals surface area contributed by atoms with Gasteiger partial charge in [0.15, 0.2) is 0 Å². The Hall–Kier alpha value is -3.52. The summed E-state index contributed by atoms with van der Waals surface area (Å²) in [6.45, 7) is 6.29. The van der Waals surface area contributed by atoms with Crippen molar-refractivity contribution >= 4 is 71.8 Å². The molecule has 45 heavy (non-hydrogen) atoms. The molecule has 0 aliphatic carbocycles. The van der Waals surface area contributed by atoms with Crippen LogP contribution in [0.15, 0.2) is 18.3 Å². The average Bonchev–Trinajstić information content (AvgIpc) is 3.23. The Morgan fingerprint density at radius 2 is 1.71 bits per heavy atom. The molecule has 0 aliphatic rings. The molecule has 0 aliphatic heterocycles. The number of nitrogens with one attached hydrogen (secondary N) is 3. The minimum atomic E-state index is -4.63. The van der Waals surface area contributed by atoms with E-state index in [-0.39, 0.29) is 27.1 Å². The first-order chi connectivity index (χ1) is 20.7. The van der Waals surface area contributed by atoms with Gasteiger partial charge in [-0.15, -0.1) is 0 Å². The summed E-state index contributed by atoms with van der Waals surface area (Å²) in [4.78, 5) is 48.0. The number of alkyl halides is 3. The number of nitrogens with two attached hydrogens (primary N) is 1. The molecule has 0 radical (unpaired) electrons. The number of nitrogen functional groups attached to an aromatic ring is 1. The van der Waals surface area contributed by atoms with E-state index in [1.165, 1.54) is 0 Å². The second kappa shape index (κ2) is 17.2. The van der Waals surface area contributed by atoms with Gasteiger partial charge in [-0.3, -0.25) is 24.8 Å². The third-order valence-electron chi connectivity index (χ3n) is 4.49. The van der Waals surface area contributed by atoms with Crippen LogP contribution in [0.2, 0.25) is 15.3 Å². The summed E-state index contributed by atoms with van der Waals surface area (Å²) in [5.41, 5.74) is 3.78. The fraction of sp³-hybridized carbons (Fsp3) is 0.381. The number of carbonyl (C=O) groups is 1. The number of nitrogens with zero attached hydrogens (tertiary/aromatic N) is 6. The Labute approximate surface area is 267 Å². The van der Waals surface area contributed by atoms with E-state index in [0.717, 1.165) is 17.4 Å². The summed E-state index contributed by atoms with van der Waals surface area (Å²) in [7, 11) is -4.10. The lowest BCUT2D eigenvalue weighted by Crippen LogP contribution is -2.23. The lowest BCUT2D eigenvalue weighted by Gasteiger charge is -2.12. The minimum Gasteiger partial charge on any atom is -0.480 e. The Balaban J connectivity index is 0.000000366. The molecule has 0 amide bonds. The van der Waals surface area contributed by atoms with Crippen molar-refractivity contribution in [3.8, 4) is 5.69 Å². The Bertz CT molecular complexity index is 1500. The summed E-state index contributed by atoms with van der Waals surface area (Å²) in [5.74, 6) is -0.552. The number of nitro groups is 1. The highest BCUT2D eigenvalue weighted by Gasteiger charge is 2.33. The minimum absolute atomic E-state index is 0.170. The van der Waals surface area contributed by atoms with Crippen LogP contribution in [0.1, 0.15) is 26.3 Å². The van der Waals surface area contributed by atoms with E-state index in [0.29, 0.717) is 24.0 Å². The fourth-order valence-electron chi connectivity index (χ4n) is 2.82. The van der Waals surface area contributed by atoms with E-state index >= 15 is 0 Å². The third kappa shape index (κ3) is 14.0. The molecular weight excluding hydrogens is 699 g/mol. The van der Waals surface area contributed by atoms with Crippen molar-refractivity contribution < 1.29 is 42.3 Å². The van der Waals surface area contributed by atoms with E-state index < -0.39 is 54.6 Å². The van der Waals surface area contributed by atoms with Crippen LogP contribution in [0.25, 0.3) is 5.69 Å². The molecule has 0 unspecified atom stereocenters. The summed E-state index contributed by atoms with van der Waals surface area (Å²) >= 11 is 17.3. The predicted octanol–water partition coefficient (Wildman–Crippen LogP) is 4.26. The van der Waals surface area contributed by atoms with E-state index in [1.54, 1.807) is 0 Å². The summed E-state index contributed by atoms with van der Waals surface area (Å²) in [6.07, 6.45) is -4.38. The molecule has 3 rings (SSSR count). The van der Waals surface area contributed by atoms with Crippen LogP contribution < -0.4 is 21.7 Å². The maximum absolute atomic E-state index is 12.6. The lowest BCUT2D eigenvalue weighted by atomic mass is 10.2. The van der Waals surface area contributed by atoms with Crippen LogP contribution in [0.5, 0.6) is 0 Å². The van der Waals surface area contributed by atoms with Gasteiger partial charge in [-0.2, -0.15) is 33.2 Å². The summed E-state index contributed by atoms with van der Waals surface area (Å²) in [5, 5.41) is 29.8. The largest absolute Gasteiger partial charge is 0.480 e. The van der Waals surface area contributed by atoms with E-state index in [9.17, 15) is 32.6 Å². The number of rotatable bonds is 10. The molecule has 0 fully saturated rings. The highest BCUT2D eigenvalue weighted by molar-refractivity contribution is 7.51. The number of aliphatic carboxylic acids is 1. The van der Waals surface area contributed by atoms with Crippen molar-refractivity contribution in [2.75, 3.05) is 35.7 Å². The first-order valence-corrected chi connectivity index (χ1v) is 15.0. The molecule has 8 N–H and O–H groups in total. The zero-order chi connectivity index (χ0) is 34.7. The molecule has 0 saturated heterocycles. The van der Waals surface area contributed by atoms with Crippen LogP contribution in [-0.4, -0.2) is 75.9 Å². The fourth-order valence-corrected chi connectivity index (χ4v) is 4.03. The molecular formula is C21H27Cl3F3N10O7P. The van der Waals surface area contributed by atoms with E-state index in [4.69, 9.17) is 55.4 Å². The SMILES string of the molecule is CCNc1nc(Cl)nc(NC(C)C)n1.Nc1c([N+](=O)[O-])cnn1-c1c(Cl)cc(C(F)(F)F)cc1Cl.O=C(O)CNCP(=O)(O)O. The van der Waals surface area contributed by atoms with Gasteiger partial charge in [-0.1, -0.05) is 23.2 Å². The Morgan fingerprint density at radius 1 is 1.16 bits per heavy atom. The first kappa shape index (κ1) is 39.5. The topological polar surface area (TPSA) is 257 Å². The standard InChI is InChI=1S/C10H5Cl2F3N4O2.C8H14ClN5.C3H8NO5P/c11-5-1-4(10(13,14)15)2-6(12)8(5)18-9(16)7(3-17-18)19(20)21;1-4-10-7-12-6(9)13-8(14-7)11-5(2)3;5-3(6)1-4-2-10(7,8)9/h1-3H,16H2;5H,4H2,1-3H3,(H2,10,11,12,13,14);4H,1-2H2,(H,5,6)(H2,7,8,9). The highest BCUT2D eigenvalue weighted by atomic mass is 35.5. The van der Waals surface area contributed by atoms with Crippen LogP contribution in [0.3, 0.4) is 0 Å². The zero-order valence-corrected chi connectivity index (χ0v) is 26.5. The predicted molar refractivity (Wildman–Crippen MR) is 160 cm³/mol. The number of anilines is 3. The molecule has 2 aromatic heterocycles. The molecule has 17 nitrogen and oxygen atoms in total. The Kier molecular flexibility index (Phi) is 15.1. The molecule has 0 saturated carbocycles. The van der Waals surface area contributed by atoms with Gasteiger partial charge in [0.1, 0.15) is 11.9 Å². The van der Waals surface area contributed by atoms with Crippen molar-refractivity contribution in [1.29, 1.82) is 0 Å². The molecule has 3 aromatic rings. The van der Waals surface area contributed by atoms with Crippen LogP contribution in [-0.2, 0) is 15.5 Å². The van der Waals surface area contributed by atoms with Gasteiger partial charge in [0.05, 0.1) is 33.4 Å². The highest BCUT2D eigenvalue weighted by Crippen LogP contribution is 2.39. The first-order valence-electron chi connectivity index (χ1n) is 12.1. The Morgan fingerprint density at radius 3 is 2.13 bits per heavy atom. The van der Waals surface area contributed by atoms with Crippen LogP contribution in [0, 0.1) is 10.1 Å². The normalized spacial score (nSPS) is 11.2. The quantitative estimate of drug-likeness (QED) is 0.0875. The van der Waals surface area contributed by atoms with Gasteiger partial charge in [-0.25, -0.2) is 4.68 Å². The number of hydrogen-bond donors (Lipinski definition) is 7. The number of carboxylic acids is 1. The van der Waals surface area contributed by atoms with Crippen LogP contribution in [0.4, 0.5) is 36.6 Å². The molecule has 250 valence electrons. The molecule has 0 spiro atoms. The maximum Gasteiger partial charge on any atom is 0.416 e. The number of carboxylic acid groups (broad SMARTS) is 1. The smallest absolute Gasteiger partial charge is 0.416 e. The maximum atomic E-state index is 12.6. The van der Waals surface area contributed by atoms with Crippen LogP contribution >= 0.6 is 42.4 Å². The number of aromatic nitrogens is 5. The van der Waals surface area contributed by atoms with Gasteiger partial charge < -0.3 is 31.3 Å². The molecule has 1 aromatic carbocycles. The van der Waals surface area contributed by atoms with Gasteiger partial charge >= 0.3 is 25.4 Å². The van der Waals surface area contributed by atoms with Crippen molar-refractivity contribution in [2.24, 2.45) is 0 Å². The monoisotopic (exact) mass is 724 g/mol. The summed E-state index contributed by atoms with van der Waals surface area (Å²) in [6, 6.07) is 1.54. The molecule has 2 heterocycles. The van der Waals surface area contributed by atoms with Crippen molar-refractivity contribution in [3.05, 3.63) is 49.3 Å². The second-order valence-corrected chi connectivity index (χ2v) is 11.4. The molecule has 24 heteroatoms. The van der Waals surface area contributed by atoms with Crippen molar-refractivity contribution in [3.63, 3.8) is 0 Å². The molecule has 0 atom stereocenters. The van der Waals surface area contributed by atoms with E-state index in [2.05, 4.69) is 36.0 Å². The number of benzene rings is 1. The van der Waals surface area contributed by atoms with E-state index in [1.807, 2.05) is 20.8 Å². The van der Waals surface area contributed by atoms with Gasteiger partial charge in [0.2, 0.25) is 23.0 Å². The van der Waals surface area contributed by atoms with Gasteiger partial charge in [0, 0.05) is 12.6 Å². The molecule has 0 bridgehead atoms. The van der Waals surface area contributed by atoms with Gasteiger partial charge in [-0.05, 0) is 44.5 Å². The average molecular weight is 726 g/mol. The van der Waals surface area contributed by atoms with Gasteiger partial charge in [0.25, 0.3) is 0 Å². The number of hydrogen-bond acceptors (Lipinski definition) is 12. The third-order valence-corrected chi connectivity index (χ3v) is 5.87. The lowest BCUT2D eigenvalue weighted by molar-refractivity contribution is -0.383. The van der Waals surface area contributed by atoms with Crippen molar-refractivity contribution in [2.45, 2.75) is 33.0 Å². The second-order valence-electron chi connectivity index (χ2n) is 8.59. The van der Waals surface area contributed by atoms with Crippen molar-refractivity contribution in [1.82, 2.24) is 30.0 Å². The zero-order valence-electron chi connectivity index (χ0n) is 23.4. The number of halogens is 6. The summed E-state index contributed by atoms with van der Waals surface area (Å²) < 4.78 is 48.7.